The fourth-order valence-corrected chi connectivity index (χ4v) is 2.74. The molecule has 15 heavy (non-hydrogen) atoms. The van der Waals surface area contributed by atoms with E-state index in [1.165, 1.54) is 21.2 Å². The molecule has 1 heterocycles. The van der Waals surface area contributed by atoms with Crippen molar-refractivity contribution in [2.45, 2.75) is 32.8 Å². The fourth-order valence-electron chi connectivity index (χ4n) is 1.80. The van der Waals surface area contributed by atoms with Crippen LogP contribution in [0, 0.1) is 6.92 Å². The molecule has 1 aromatic heterocycles. The first kappa shape index (κ1) is 10.7. The van der Waals surface area contributed by atoms with Crippen molar-refractivity contribution in [3.63, 3.8) is 0 Å². The molecule has 0 fully saturated rings. The van der Waals surface area contributed by atoms with E-state index in [2.05, 4.69) is 30.5 Å². The topological polar surface area (TPSA) is 20.2 Å². The highest BCUT2D eigenvalue weighted by molar-refractivity contribution is 7.17. The summed E-state index contributed by atoms with van der Waals surface area (Å²) in [6, 6.07) is 6.49. The van der Waals surface area contributed by atoms with E-state index in [4.69, 9.17) is 0 Å². The Balaban J connectivity index is 2.48. The van der Waals surface area contributed by atoms with Crippen LogP contribution in [0.15, 0.2) is 23.6 Å². The van der Waals surface area contributed by atoms with Crippen LogP contribution in [0.1, 0.15) is 25.0 Å². The molecule has 0 atom stereocenters. The number of aryl methyl sites for hydroxylation is 1. The van der Waals surface area contributed by atoms with E-state index in [0.29, 0.717) is 0 Å². The zero-order valence-corrected chi connectivity index (χ0v) is 10.2. The Hall–Kier alpha value is -0.860. The number of fused-ring (bicyclic) bond motifs is 1. The molecule has 1 N–H and O–H groups in total. The Bertz CT molecular complexity index is 477. The average Bonchev–Trinajstić information content (AvgIpc) is 2.46. The number of thiophene rings is 1. The largest absolute Gasteiger partial charge is 0.390 e. The summed E-state index contributed by atoms with van der Waals surface area (Å²) in [7, 11) is 0. The van der Waals surface area contributed by atoms with Gasteiger partial charge in [-0.25, -0.2) is 0 Å². The van der Waals surface area contributed by atoms with Crippen LogP contribution in [0.3, 0.4) is 0 Å². The van der Waals surface area contributed by atoms with Gasteiger partial charge in [-0.1, -0.05) is 17.7 Å². The summed E-state index contributed by atoms with van der Waals surface area (Å²) in [6.45, 7) is 5.81. The number of rotatable bonds is 2. The summed E-state index contributed by atoms with van der Waals surface area (Å²) < 4.78 is 1.31. The van der Waals surface area contributed by atoms with Crippen LogP contribution < -0.4 is 0 Å². The lowest BCUT2D eigenvalue weighted by Gasteiger charge is -2.16. The van der Waals surface area contributed by atoms with Gasteiger partial charge >= 0.3 is 0 Å². The van der Waals surface area contributed by atoms with Gasteiger partial charge in [0.2, 0.25) is 0 Å². The first-order chi connectivity index (χ1) is 6.96. The molecule has 2 heteroatoms. The SMILES string of the molecule is Cc1ccc2scc(CC(C)(C)O)c2c1. The minimum Gasteiger partial charge on any atom is -0.390 e. The lowest BCUT2D eigenvalue weighted by molar-refractivity contribution is 0.0814. The minimum atomic E-state index is -0.627. The molecule has 0 aliphatic rings. The van der Waals surface area contributed by atoms with Crippen molar-refractivity contribution >= 4 is 21.4 Å². The highest BCUT2D eigenvalue weighted by Gasteiger charge is 2.16. The van der Waals surface area contributed by atoms with Gasteiger partial charge in [-0.15, -0.1) is 11.3 Å². The molecule has 0 aliphatic heterocycles. The average molecular weight is 220 g/mol. The lowest BCUT2D eigenvalue weighted by Crippen LogP contribution is -2.21. The van der Waals surface area contributed by atoms with Crippen LogP contribution in [0.4, 0.5) is 0 Å². The molecule has 0 saturated carbocycles. The first-order valence-electron chi connectivity index (χ1n) is 5.15. The van der Waals surface area contributed by atoms with E-state index in [1.54, 1.807) is 11.3 Å². The molecular formula is C13H16OS. The van der Waals surface area contributed by atoms with Crippen molar-refractivity contribution in [2.75, 3.05) is 0 Å². The van der Waals surface area contributed by atoms with E-state index >= 15 is 0 Å². The van der Waals surface area contributed by atoms with Crippen molar-refractivity contribution in [1.29, 1.82) is 0 Å². The fraction of sp³-hybridized carbons (Fsp3) is 0.385. The van der Waals surface area contributed by atoms with Crippen molar-refractivity contribution in [3.8, 4) is 0 Å². The molecule has 0 saturated heterocycles. The third-order valence-corrected chi connectivity index (χ3v) is 3.44. The molecule has 80 valence electrons. The van der Waals surface area contributed by atoms with Gasteiger partial charge in [0.15, 0.2) is 0 Å². The molecule has 0 unspecified atom stereocenters. The van der Waals surface area contributed by atoms with E-state index in [1.807, 2.05) is 13.8 Å². The van der Waals surface area contributed by atoms with Crippen LogP contribution in [-0.4, -0.2) is 10.7 Å². The van der Waals surface area contributed by atoms with E-state index < -0.39 is 5.60 Å². The molecular weight excluding hydrogens is 204 g/mol. The maximum Gasteiger partial charge on any atom is 0.0632 e. The molecule has 1 aromatic carbocycles. The van der Waals surface area contributed by atoms with Crippen molar-refractivity contribution in [2.24, 2.45) is 0 Å². The predicted octanol–water partition coefficient (Wildman–Crippen LogP) is 3.52. The first-order valence-corrected chi connectivity index (χ1v) is 6.03. The zero-order chi connectivity index (χ0) is 11.1. The third kappa shape index (κ3) is 2.39. The molecule has 1 nitrogen and oxygen atoms in total. The van der Waals surface area contributed by atoms with Gasteiger partial charge in [0.25, 0.3) is 0 Å². The molecule has 0 aliphatic carbocycles. The van der Waals surface area contributed by atoms with Crippen molar-refractivity contribution < 1.29 is 5.11 Å². The van der Waals surface area contributed by atoms with Crippen LogP contribution in [0.5, 0.6) is 0 Å². The monoisotopic (exact) mass is 220 g/mol. The van der Waals surface area contributed by atoms with Crippen LogP contribution in [-0.2, 0) is 6.42 Å². The van der Waals surface area contributed by atoms with E-state index in [-0.39, 0.29) is 0 Å². The van der Waals surface area contributed by atoms with E-state index in [9.17, 15) is 5.11 Å². The molecule has 2 aromatic rings. The van der Waals surface area contributed by atoms with Gasteiger partial charge in [-0.05, 0) is 43.2 Å². The van der Waals surface area contributed by atoms with Gasteiger partial charge in [-0.2, -0.15) is 0 Å². The Kier molecular flexibility index (Phi) is 2.57. The second-order valence-electron chi connectivity index (χ2n) is 4.75. The Morgan fingerprint density at radius 1 is 1.33 bits per heavy atom. The summed E-state index contributed by atoms with van der Waals surface area (Å²) in [6.07, 6.45) is 0.719. The third-order valence-electron chi connectivity index (χ3n) is 2.43. The quantitative estimate of drug-likeness (QED) is 0.821. The van der Waals surface area contributed by atoms with Crippen LogP contribution in [0.2, 0.25) is 0 Å². The Labute approximate surface area is 94.4 Å². The standard InChI is InChI=1S/C13H16OS/c1-9-4-5-12-11(6-9)10(8-15-12)7-13(2,3)14/h4-6,8,14H,7H2,1-3H3. The maximum atomic E-state index is 9.82. The highest BCUT2D eigenvalue weighted by Crippen LogP contribution is 2.29. The van der Waals surface area contributed by atoms with Gasteiger partial charge in [0, 0.05) is 11.1 Å². The molecule has 0 spiro atoms. The van der Waals surface area contributed by atoms with Gasteiger partial charge < -0.3 is 5.11 Å². The maximum absolute atomic E-state index is 9.82. The smallest absolute Gasteiger partial charge is 0.0632 e. The summed E-state index contributed by atoms with van der Waals surface area (Å²) in [5.41, 5.74) is 1.90. The normalized spacial score (nSPS) is 12.3. The predicted molar refractivity (Wildman–Crippen MR) is 66.6 cm³/mol. The molecule has 2 rings (SSSR count). The number of hydrogen-bond donors (Lipinski definition) is 1. The minimum absolute atomic E-state index is 0.627. The Morgan fingerprint density at radius 3 is 2.73 bits per heavy atom. The van der Waals surface area contributed by atoms with Gasteiger partial charge in [0.05, 0.1) is 5.60 Å². The van der Waals surface area contributed by atoms with Crippen LogP contribution in [0.25, 0.3) is 10.1 Å². The molecule has 0 amide bonds. The molecule has 0 bridgehead atoms. The lowest BCUT2D eigenvalue weighted by atomic mass is 9.98. The summed E-state index contributed by atoms with van der Waals surface area (Å²) in [4.78, 5) is 0. The zero-order valence-electron chi connectivity index (χ0n) is 9.37. The van der Waals surface area contributed by atoms with Gasteiger partial charge in [-0.3, -0.25) is 0 Å². The summed E-state index contributed by atoms with van der Waals surface area (Å²) >= 11 is 1.75. The highest BCUT2D eigenvalue weighted by atomic mass is 32.1. The van der Waals surface area contributed by atoms with E-state index in [0.717, 1.165) is 6.42 Å². The summed E-state index contributed by atoms with van der Waals surface area (Å²) in [5.74, 6) is 0. The van der Waals surface area contributed by atoms with Crippen molar-refractivity contribution in [1.82, 2.24) is 0 Å². The number of aliphatic hydroxyl groups is 1. The van der Waals surface area contributed by atoms with Crippen molar-refractivity contribution in [3.05, 3.63) is 34.7 Å². The summed E-state index contributed by atoms with van der Waals surface area (Å²) in [5, 5.41) is 13.3. The molecule has 0 radical (unpaired) electrons. The Morgan fingerprint density at radius 2 is 2.07 bits per heavy atom. The van der Waals surface area contributed by atoms with Crippen LogP contribution >= 0.6 is 11.3 Å². The number of hydrogen-bond acceptors (Lipinski definition) is 2. The number of benzene rings is 1. The second kappa shape index (κ2) is 3.62. The van der Waals surface area contributed by atoms with Gasteiger partial charge in [0.1, 0.15) is 0 Å². The second-order valence-corrected chi connectivity index (χ2v) is 5.66.